The van der Waals surface area contributed by atoms with Crippen LogP contribution in [0, 0.1) is 6.92 Å². The quantitative estimate of drug-likeness (QED) is 0.656. The third kappa shape index (κ3) is 4.23. The molecule has 1 aliphatic carbocycles. The number of ether oxygens (including phenoxy) is 1. The van der Waals surface area contributed by atoms with E-state index in [2.05, 4.69) is 82.8 Å². The van der Waals surface area contributed by atoms with Crippen molar-refractivity contribution in [3.8, 4) is 5.75 Å². The molecule has 0 aromatic heterocycles. The zero-order valence-electron chi connectivity index (χ0n) is 20.4. The van der Waals surface area contributed by atoms with Crippen LogP contribution in [0.2, 0.25) is 0 Å². The van der Waals surface area contributed by atoms with Crippen molar-refractivity contribution in [3.05, 3.63) is 58.7 Å². The van der Waals surface area contributed by atoms with Crippen molar-refractivity contribution in [2.75, 3.05) is 6.54 Å². The van der Waals surface area contributed by atoms with E-state index in [-0.39, 0.29) is 24.4 Å². The van der Waals surface area contributed by atoms with Crippen LogP contribution >= 0.6 is 0 Å². The fourth-order valence-corrected chi connectivity index (χ4v) is 5.39. The molecule has 3 aliphatic rings. The predicted molar refractivity (Wildman–Crippen MR) is 130 cm³/mol. The van der Waals surface area contributed by atoms with Gasteiger partial charge in [0.15, 0.2) is 0 Å². The second-order valence-electron chi connectivity index (χ2n) is 11.1. The molecule has 0 saturated carbocycles. The van der Waals surface area contributed by atoms with Gasteiger partial charge in [-0.25, -0.2) is 0 Å². The number of benzene rings is 2. The Labute approximate surface area is 193 Å². The first-order valence-corrected chi connectivity index (χ1v) is 12.1. The molecule has 0 bridgehead atoms. The number of fused-ring (bicyclic) bond motifs is 2. The van der Waals surface area contributed by atoms with Crippen LogP contribution in [0.4, 0.5) is 0 Å². The minimum absolute atomic E-state index is 0.0825. The van der Waals surface area contributed by atoms with Crippen molar-refractivity contribution in [3.63, 3.8) is 0 Å². The number of hydrogen-bond donors (Lipinski definition) is 0. The van der Waals surface area contributed by atoms with Crippen molar-refractivity contribution in [2.24, 2.45) is 0 Å². The molecule has 2 aromatic rings. The third-order valence-electron chi connectivity index (χ3n) is 7.50. The van der Waals surface area contributed by atoms with Crippen LogP contribution in [0.25, 0.3) is 0 Å². The van der Waals surface area contributed by atoms with E-state index in [9.17, 15) is 0 Å². The van der Waals surface area contributed by atoms with Gasteiger partial charge in [0.2, 0.25) is 0 Å². The smallest absolute Gasteiger partial charge is 0.486 e. The summed E-state index contributed by atoms with van der Waals surface area (Å²) in [6.45, 7) is 14.8. The minimum Gasteiger partial charge on any atom is -0.486 e. The van der Waals surface area contributed by atoms with Gasteiger partial charge >= 0.3 is 7.12 Å². The largest absolute Gasteiger partial charge is 0.494 e. The lowest BCUT2D eigenvalue weighted by molar-refractivity contribution is 0.0490. The van der Waals surface area contributed by atoms with Crippen molar-refractivity contribution in [2.45, 2.75) is 90.7 Å². The number of nitrogens with zero attached hydrogens (tertiary/aromatic N) is 1. The number of hydrogen-bond acceptors (Lipinski definition) is 4. The highest BCUT2D eigenvalue weighted by Crippen LogP contribution is 2.34. The van der Waals surface area contributed by atoms with E-state index in [1.165, 1.54) is 28.7 Å². The van der Waals surface area contributed by atoms with Gasteiger partial charge in [0, 0.05) is 24.7 Å². The Kier molecular flexibility index (Phi) is 5.43. The fourth-order valence-electron chi connectivity index (χ4n) is 5.39. The van der Waals surface area contributed by atoms with Gasteiger partial charge in [0.1, 0.15) is 11.4 Å². The Morgan fingerprint density at radius 1 is 1.00 bits per heavy atom. The van der Waals surface area contributed by atoms with Crippen molar-refractivity contribution in [1.29, 1.82) is 0 Å². The summed E-state index contributed by atoms with van der Waals surface area (Å²) in [7, 11) is -0.272. The molecule has 1 fully saturated rings. The summed E-state index contributed by atoms with van der Waals surface area (Å²) in [4.78, 5) is 2.65. The third-order valence-corrected chi connectivity index (χ3v) is 7.50. The van der Waals surface area contributed by atoms with E-state index < -0.39 is 0 Å². The summed E-state index contributed by atoms with van der Waals surface area (Å²) in [6, 6.07) is 13.9. The maximum Gasteiger partial charge on any atom is 0.494 e. The van der Waals surface area contributed by atoms with Crippen LogP contribution in [0.3, 0.4) is 0 Å². The Morgan fingerprint density at radius 2 is 1.81 bits per heavy atom. The van der Waals surface area contributed by atoms with E-state index in [0.29, 0.717) is 6.04 Å². The minimum atomic E-state index is -0.272. The maximum atomic E-state index is 6.43. The number of aryl methyl sites for hydroxylation is 2. The molecule has 5 rings (SSSR count). The van der Waals surface area contributed by atoms with Crippen LogP contribution in [0.15, 0.2) is 36.4 Å². The van der Waals surface area contributed by atoms with E-state index >= 15 is 0 Å². The summed E-state index contributed by atoms with van der Waals surface area (Å²) in [5, 5.41) is 0. The SMILES string of the molecule is Cc1ccc2c(c1)CN(C1CCc3ccc(B4OC(C)C(C)(C)O4)cc3C1)CC(C)(C)O2. The molecule has 0 spiro atoms. The summed E-state index contributed by atoms with van der Waals surface area (Å²) in [6.07, 6.45) is 3.45. The predicted octanol–water partition coefficient (Wildman–Crippen LogP) is 4.43. The maximum absolute atomic E-state index is 6.43. The highest BCUT2D eigenvalue weighted by molar-refractivity contribution is 6.62. The molecule has 0 radical (unpaired) electrons. The van der Waals surface area contributed by atoms with Crippen molar-refractivity contribution in [1.82, 2.24) is 4.90 Å². The Bertz CT molecular complexity index is 1020. The molecule has 1 saturated heterocycles. The molecule has 4 nitrogen and oxygen atoms in total. The van der Waals surface area contributed by atoms with Gasteiger partial charge in [-0.1, -0.05) is 35.9 Å². The van der Waals surface area contributed by atoms with Crippen LogP contribution < -0.4 is 10.2 Å². The van der Waals surface area contributed by atoms with Gasteiger partial charge in [-0.3, -0.25) is 4.90 Å². The first-order chi connectivity index (χ1) is 15.1. The van der Waals surface area contributed by atoms with Gasteiger partial charge in [0.25, 0.3) is 0 Å². The molecular formula is C27H36BNO3. The van der Waals surface area contributed by atoms with Gasteiger partial charge in [-0.2, -0.15) is 0 Å². The van der Waals surface area contributed by atoms with E-state index in [4.69, 9.17) is 14.0 Å². The molecule has 2 heterocycles. The molecule has 170 valence electrons. The van der Waals surface area contributed by atoms with Gasteiger partial charge in [0.05, 0.1) is 11.7 Å². The highest BCUT2D eigenvalue weighted by atomic mass is 16.7. The van der Waals surface area contributed by atoms with Gasteiger partial charge in [-0.05, 0) is 83.5 Å². The topological polar surface area (TPSA) is 30.9 Å². The molecular weight excluding hydrogens is 397 g/mol. The number of rotatable bonds is 2. The Hall–Kier alpha value is -1.82. The second kappa shape index (κ2) is 7.90. The fraction of sp³-hybridized carbons (Fsp3) is 0.556. The van der Waals surface area contributed by atoms with Crippen molar-refractivity contribution >= 4 is 12.6 Å². The Morgan fingerprint density at radius 3 is 2.56 bits per heavy atom. The first-order valence-electron chi connectivity index (χ1n) is 12.1. The van der Waals surface area contributed by atoms with Crippen LogP contribution in [0.5, 0.6) is 5.75 Å². The van der Waals surface area contributed by atoms with E-state index in [0.717, 1.165) is 37.1 Å². The van der Waals surface area contributed by atoms with Gasteiger partial charge in [-0.15, -0.1) is 0 Å². The van der Waals surface area contributed by atoms with Crippen molar-refractivity contribution < 1.29 is 14.0 Å². The lowest BCUT2D eigenvalue weighted by atomic mass is 9.75. The van der Waals surface area contributed by atoms with E-state index in [1.54, 1.807) is 0 Å². The summed E-state index contributed by atoms with van der Waals surface area (Å²) < 4.78 is 18.8. The first kappa shape index (κ1) is 22.0. The van der Waals surface area contributed by atoms with Crippen LogP contribution in [-0.4, -0.2) is 41.9 Å². The molecule has 2 aromatic carbocycles. The molecule has 5 heteroatoms. The summed E-state index contributed by atoms with van der Waals surface area (Å²) >= 11 is 0. The lowest BCUT2D eigenvalue weighted by Crippen LogP contribution is -2.47. The Balaban J connectivity index is 1.39. The lowest BCUT2D eigenvalue weighted by Gasteiger charge is -2.37. The van der Waals surface area contributed by atoms with Crippen LogP contribution in [-0.2, 0) is 28.7 Å². The average Bonchev–Trinajstić information content (AvgIpc) is 2.92. The molecule has 32 heavy (non-hydrogen) atoms. The van der Waals surface area contributed by atoms with E-state index in [1.807, 2.05) is 0 Å². The zero-order chi connectivity index (χ0) is 22.7. The second-order valence-corrected chi connectivity index (χ2v) is 11.1. The molecule has 0 amide bonds. The highest BCUT2D eigenvalue weighted by Gasteiger charge is 2.44. The molecule has 2 atom stereocenters. The average molecular weight is 433 g/mol. The monoisotopic (exact) mass is 433 g/mol. The van der Waals surface area contributed by atoms with Crippen LogP contribution in [0.1, 0.15) is 63.3 Å². The summed E-state index contributed by atoms with van der Waals surface area (Å²) in [5.74, 6) is 1.04. The molecule has 2 unspecified atom stereocenters. The standard InChI is InChI=1S/C27H36BNO3/c1-18-7-12-25-22(13-18)16-29(17-26(3,4)30-25)24-11-9-20-8-10-23(14-21(20)15-24)28-31-19(2)27(5,6)32-28/h7-8,10,12-14,19,24H,9,11,15-17H2,1-6H3. The summed E-state index contributed by atoms with van der Waals surface area (Å²) in [5.41, 5.74) is 6.18. The zero-order valence-corrected chi connectivity index (χ0v) is 20.4. The molecule has 0 N–H and O–H groups in total. The van der Waals surface area contributed by atoms with Gasteiger partial charge < -0.3 is 14.0 Å². The normalized spacial score (nSPS) is 26.8. The molecule has 2 aliphatic heterocycles.